The molecule has 0 aliphatic carbocycles. The van der Waals surface area contributed by atoms with E-state index in [0.29, 0.717) is 18.5 Å². The number of methoxy groups -OCH3 is 1. The molecule has 28 heavy (non-hydrogen) atoms. The van der Waals surface area contributed by atoms with Gasteiger partial charge in [-0.2, -0.15) is 0 Å². The van der Waals surface area contributed by atoms with Crippen LogP contribution in [0, 0.1) is 0 Å². The minimum Gasteiger partial charge on any atom is -0.465 e. The molecule has 1 N–H and O–H groups in total. The standard InChI is InChI=1S/C23H33NO4/c1-4-5-6-15-23(2,27)16-13-20-11-12-21(25)24(20)17-14-18-7-9-19(10-8-18)22(26)28-3/h7-10,13,16,20,27H,4-6,11-12,14-15,17H2,1-3H3/b16-13+/t20-,23?/m1/s1. The van der Waals surface area contributed by atoms with Crippen LogP contribution in [0.15, 0.2) is 36.4 Å². The molecular formula is C23H33NO4. The van der Waals surface area contributed by atoms with Crippen molar-refractivity contribution in [1.29, 1.82) is 0 Å². The predicted molar refractivity (Wildman–Crippen MR) is 110 cm³/mol. The Hall–Kier alpha value is -2.14. The Morgan fingerprint density at radius 1 is 1.32 bits per heavy atom. The van der Waals surface area contributed by atoms with Crippen molar-refractivity contribution in [3.63, 3.8) is 0 Å². The highest BCUT2D eigenvalue weighted by molar-refractivity contribution is 5.89. The van der Waals surface area contributed by atoms with E-state index in [1.807, 2.05) is 36.1 Å². The number of rotatable bonds is 10. The summed E-state index contributed by atoms with van der Waals surface area (Å²) in [5.74, 6) is -0.191. The Bertz CT molecular complexity index is 678. The van der Waals surface area contributed by atoms with Gasteiger partial charge in [-0.05, 0) is 43.9 Å². The van der Waals surface area contributed by atoms with E-state index in [0.717, 1.165) is 44.1 Å². The van der Waals surface area contributed by atoms with Crippen LogP contribution in [0.3, 0.4) is 0 Å². The van der Waals surface area contributed by atoms with Crippen LogP contribution in [-0.2, 0) is 16.0 Å². The van der Waals surface area contributed by atoms with Crippen LogP contribution in [0.2, 0.25) is 0 Å². The Morgan fingerprint density at radius 3 is 2.68 bits per heavy atom. The normalized spacial score (nSPS) is 19.2. The van der Waals surface area contributed by atoms with Gasteiger partial charge in [0.15, 0.2) is 0 Å². The highest BCUT2D eigenvalue weighted by Gasteiger charge is 2.29. The van der Waals surface area contributed by atoms with E-state index < -0.39 is 5.60 Å². The van der Waals surface area contributed by atoms with Crippen LogP contribution in [0.5, 0.6) is 0 Å². The maximum atomic E-state index is 12.3. The minimum atomic E-state index is -0.823. The number of carbonyl (C=O) groups is 2. The summed E-state index contributed by atoms with van der Waals surface area (Å²) >= 11 is 0. The number of hydrogen-bond donors (Lipinski definition) is 1. The molecule has 1 saturated heterocycles. The van der Waals surface area contributed by atoms with Crippen molar-refractivity contribution in [3.05, 3.63) is 47.5 Å². The number of carbonyl (C=O) groups excluding carboxylic acids is 2. The van der Waals surface area contributed by atoms with Crippen LogP contribution >= 0.6 is 0 Å². The Balaban J connectivity index is 1.93. The van der Waals surface area contributed by atoms with E-state index >= 15 is 0 Å². The van der Waals surface area contributed by atoms with Crippen LogP contribution in [0.4, 0.5) is 0 Å². The zero-order valence-electron chi connectivity index (χ0n) is 17.3. The lowest BCUT2D eigenvalue weighted by atomic mass is 9.97. The maximum Gasteiger partial charge on any atom is 0.337 e. The molecule has 0 spiro atoms. The third-order valence-corrected chi connectivity index (χ3v) is 5.35. The molecule has 2 rings (SSSR count). The quantitative estimate of drug-likeness (QED) is 0.376. The van der Waals surface area contributed by atoms with E-state index in [9.17, 15) is 14.7 Å². The molecule has 1 aromatic carbocycles. The van der Waals surface area contributed by atoms with Crippen molar-refractivity contribution in [2.75, 3.05) is 13.7 Å². The zero-order valence-corrected chi connectivity index (χ0v) is 17.3. The Labute approximate surface area is 168 Å². The van der Waals surface area contributed by atoms with E-state index in [2.05, 4.69) is 6.92 Å². The number of nitrogens with zero attached hydrogens (tertiary/aromatic N) is 1. The molecule has 5 heteroatoms. The van der Waals surface area contributed by atoms with Gasteiger partial charge in [0.2, 0.25) is 5.91 Å². The average molecular weight is 388 g/mol. The van der Waals surface area contributed by atoms with Gasteiger partial charge in [-0.3, -0.25) is 4.79 Å². The molecule has 1 amide bonds. The summed E-state index contributed by atoms with van der Waals surface area (Å²) in [5, 5.41) is 10.5. The first kappa shape index (κ1) is 22.2. The van der Waals surface area contributed by atoms with Crippen LogP contribution in [0.1, 0.15) is 68.3 Å². The van der Waals surface area contributed by atoms with Crippen LogP contribution in [0.25, 0.3) is 0 Å². The van der Waals surface area contributed by atoms with Crippen LogP contribution < -0.4 is 0 Å². The molecule has 1 aliphatic heterocycles. The van der Waals surface area contributed by atoms with Crippen molar-refractivity contribution < 1.29 is 19.4 Å². The van der Waals surface area contributed by atoms with Gasteiger partial charge in [0.25, 0.3) is 0 Å². The fraction of sp³-hybridized carbons (Fsp3) is 0.565. The van der Waals surface area contributed by atoms with Crippen LogP contribution in [-0.4, -0.2) is 47.2 Å². The molecule has 0 bridgehead atoms. The number of esters is 1. The Kier molecular flexibility index (Phi) is 8.24. The third kappa shape index (κ3) is 6.48. The lowest BCUT2D eigenvalue weighted by molar-refractivity contribution is -0.128. The van der Waals surface area contributed by atoms with Gasteiger partial charge < -0.3 is 14.7 Å². The molecule has 154 valence electrons. The van der Waals surface area contributed by atoms with Gasteiger partial charge in [-0.1, -0.05) is 50.5 Å². The zero-order chi connectivity index (χ0) is 20.6. The van der Waals surface area contributed by atoms with E-state index in [1.165, 1.54) is 7.11 Å². The van der Waals surface area contributed by atoms with Gasteiger partial charge in [-0.25, -0.2) is 4.79 Å². The second kappa shape index (κ2) is 10.4. The first-order valence-electron chi connectivity index (χ1n) is 10.2. The molecule has 5 nitrogen and oxygen atoms in total. The molecule has 0 aromatic heterocycles. The first-order chi connectivity index (χ1) is 13.4. The monoisotopic (exact) mass is 387 g/mol. The van der Waals surface area contributed by atoms with E-state index in [-0.39, 0.29) is 17.9 Å². The lowest BCUT2D eigenvalue weighted by Gasteiger charge is -2.24. The van der Waals surface area contributed by atoms with Gasteiger partial charge in [0, 0.05) is 13.0 Å². The number of benzene rings is 1. The molecule has 0 radical (unpaired) electrons. The molecule has 2 atom stereocenters. The van der Waals surface area contributed by atoms with Gasteiger partial charge in [0.05, 0.1) is 24.3 Å². The van der Waals surface area contributed by atoms with Crippen molar-refractivity contribution >= 4 is 11.9 Å². The number of hydrogen-bond acceptors (Lipinski definition) is 4. The van der Waals surface area contributed by atoms with Crippen molar-refractivity contribution in [3.8, 4) is 0 Å². The van der Waals surface area contributed by atoms with Crippen molar-refractivity contribution in [2.24, 2.45) is 0 Å². The topological polar surface area (TPSA) is 66.8 Å². The Morgan fingerprint density at radius 2 is 2.04 bits per heavy atom. The smallest absolute Gasteiger partial charge is 0.337 e. The molecule has 1 heterocycles. The summed E-state index contributed by atoms with van der Waals surface area (Å²) in [7, 11) is 1.37. The molecule has 1 fully saturated rings. The number of unbranched alkanes of at least 4 members (excludes halogenated alkanes) is 2. The van der Waals surface area contributed by atoms with Gasteiger partial charge in [-0.15, -0.1) is 0 Å². The third-order valence-electron chi connectivity index (χ3n) is 5.35. The number of aliphatic hydroxyl groups is 1. The van der Waals surface area contributed by atoms with Crippen molar-refractivity contribution in [1.82, 2.24) is 4.90 Å². The summed E-state index contributed by atoms with van der Waals surface area (Å²) in [5.41, 5.74) is 0.771. The van der Waals surface area contributed by atoms with Gasteiger partial charge in [0.1, 0.15) is 0 Å². The lowest BCUT2D eigenvalue weighted by Crippen LogP contribution is -2.34. The number of likely N-dealkylation sites (tertiary alicyclic amines) is 1. The summed E-state index contributed by atoms with van der Waals surface area (Å²) < 4.78 is 4.71. The first-order valence-corrected chi connectivity index (χ1v) is 10.2. The largest absolute Gasteiger partial charge is 0.465 e. The predicted octanol–water partition coefficient (Wildman–Crippen LogP) is 3.89. The highest BCUT2D eigenvalue weighted by atomic mass is 16.5. The van der Waals surface area contributed by atoms with Gasteiger partial charge >= 0.3 is 5.97 Å². The molecule has 1 unspecified atom stereocenters. The summed E-state index contributed by atoms with van der Waals surface area (Å²) in [6, 6.07) is 7.33. The summed E-state index contributed by atoms with van der Waals surface area (Å²) in [6.45, 7) is 4.61. The molecule has 1 aromatic rings. The van der Waals surface area contributed by atoms with Crippen molar-refractivity contribution in [2.45, 2.75) is 70.4 Å². The summed E-state index contributed by atoms with van der Waals surface area (Å²) in [6.07, 6.45) is 9.92. The minimum absolute atomic E-state index is 0.0412. The molecule has 1 aliphatic rings. The summed E-state index contributed by atoms with van der Waals surface area (Å²) in [4.78, 5) is 25.7. The fourth-order valence-corrected chi connectivity index (χ4v) is 3.56. The molecule has 0 saturated carbocycles. The SMILES string of the molecule is CCCCCC(C)(O)/C=C/[C@H]1CCC(=O)N1CCc1ccc(C(=O)OC)cc1. The fourth-order valence-electron chi connectivity index (χ4n) is 3.56. The second-order valence-corrected chi connectivity index (χ2v) is 7.81. The average Bonchev–Trinajstić information content (AvgIpc) is 3.04. The maximum absolute atomic E-state index is 12.3. The highest BCUT2D eigenvalue weighted by Crippen LogP contribution is 2.23. The second-order valence-electron chi connectivity index (χ2n) is 7.81. The van der Waals surface area contributed by atoms with E-state index in [4.69, 9.17) is 4.74 Å². The molecular weight excluding hydrogens is 354 g/mol. The van der Waals surface area contributed by atoms with E-state index in [1.54, 1.807) is 12.1 Å². The number of ether oxygens (including phenoxy) is 1. The number of amides is 1.